The molecular formula is C13H21N7O. The van der Waals surface area contributed by atoms with Gasteiger partial charge in [-0.1, -0.05) is 5.21 Å². The van der Waals surface area contributed by atoms with Crippen molar-refractivity contribution < 1.29 is 4.79 Å². The summed E-state index contributed by atoms with van der Waals surface area (Å²) in [4.78, 5) is 12.0. The third-order valence-electron chi connectivity index (χ3n) is 2.93. The molecule has 114 valence electrons. The second-order valence-corrected chi connectivity index (χ2v) is 5.83. The van der Waals surface area contributed by atoms with Crippen molar-refractivity contribution in [1.29, 1.82) is 0 Å². The van der Waals surface area contributed by atoms with Crippen LogP contribution >= 0.6 is 0 Å². The van der Waals surface area contributed by atoms with Gasteiger partial charge in [0.25, 0.3) is 0 Å². The zero-order valence-electron chi connectivity index (χ0n) is 12.7. The van der Waals surface area contributed by atoms with Crippen LogP contribution in [0.4, 0.5) is 5.82 Å². The molecule has 2 rings (SSSR count). The summed E-state index contributed by atoms with van der Waals surface area (Å²) in [5, 5.41) is 14.9. The van der Waals surface area contributed by atoms with E-state index >= 15 is 0 Å². The predicted molar refractivity (Wildman–Crippen MR) is 78.5 cm³/mol. The minimum Gasteiger partial charge on any atom is -0.320 e. The molecule has 8 heteroatoms. The summed E-state index contributed by atoms with van der Waals surface area (Å²) >= 11 is 0. The fourth-order valence-corrected chi connectivity index (χ4v) is 1.83. The monoisotopic (exact) mass is 291 g/mol. The lowest BCUT2D eigenvalue weighted by atomic mass is 10.0. The Kier molecular flexibility index (Phi) is 4.08. The number of carbonyl (C=O) groups is 1. The average molecular weight is 291 g/mol. The number of carbonyl (C=O) groups excluding carboxylic acids is 1. The molecule has 8 nitrogen and oxygen atoms in total. The third-order valence-corrected chi connectivity index (χ3v) is 2.93. The first-order valence-corrected chi connectivity index (χ1v) is 6.80. The zero-order valence-corrected chi connectivity index (χ0v) is 12.7. The minimum absolute atomic E-state index is 0.0757. The molecule has 2 aromatic heterocycles. The summed E-state index contributed by atoms with van der Waals surface area (Å²) in [7, 11) is 0. The molecule has 0 fully saturated rings. The lowest BCUT2D eigenvalue weighted by molar-refractivity contribution is -0.117. The number of hydrogen-bond donors (Lipinski definition) is 2. The highest BCUT2D eigenvalue weighted by Crippen LogP contribution is 2.14. The van der Waals surface area contributed by atoms with Crippen molar-refractivity contribution in [3.63, 3.8) is 0 Å². The highest BCUT2D eigenvalue weighted by Gasteiger charge is 2.19. The average Bonchev–Trinajstić information content (AvgIpc) is 2.96. The normalized spacial score (nSPS) is 11.9. The number of aromatic nitrogens is 5. The van der Waals surface area contributed by atoms with Gasteiger partial charge in [-0.2, -0.15) is 5.10 Å². The number of nitrogens with two attached hydrogens (primary N) is 1. The van der Waals surface area contributed by atoms with E-state index in [0.717, 1.165) is 0 Å². The van der Waals surface area contributed by atoms with Gasteiger partial charge in [-0.25, -0.2) is 9.36 Å². The number of nitrogens with one attached hydrogen (secondary N) is 1. The number of anilines is 1. The molecule has 0 aliphatic carbocycles. The molecule has 0 radical (unpaired) electrons. The molecule has 3 N–H and O–H groups in total. The first-order valence-electron chi connectivity index (χ1n) is 6.80. The van der Waals surface area contributed by atoms with Crippen molar-refractivity contribution in [3.8, 4) is 0 Å². The Balaban J connectivity index is 2.02. The maximum atomic E-state index is 12.0. The van der Waals surface area contributed by atoms with E-state index in [-0.39, 0.29) is 18.5 Å². The molecule has 1 amide bonds. The van der Waals surface area contributed by atoms with Gasteiger partial charge in [0, 0.05) is 12.1 Å². The molecule has 0 bridgehead atoms. The largest absolute Gasteiger partial charge is 0.320 e. The minimum atomic E-state index is -0.578. The van der Waals surface area contributed by atoms with Crippen LogP contribution in [0.2, 0.25) is 0 Å². The maximum absolute atomic E-state index is 12.0. The lowest BCUT2D eigenvalue weighted by Gasteiger charge is -2.13. The Morgan fingerprint density at radius 3 is 2.76 bits per heavy atom. The molecule has 2 heterocycles. The zero-order chi connectivity index (χ0) is 15.6. The van der Waals surface area contributed by atoms with Crippen molar-refractivity contribution in [1.82, 2.24) is 24.8 Å². The molecule has 2 aromatic rings. The van der Waals surface area contributed by atoms with E-state index in [2.05, 4.69) is 20.7 Å². The van der Waals surface area contributed by atoms with Gasteiger partial charge in [-0.3, -0.25) is 4.79 Å². The van der Waals surface area contributed by atoms with Crippen molar-refractivity contribution in [2.45, 2.75) is 45.8 Å². The summed E-state index contributed by atoms with van der Waals surface area (Å²) in [6.07, 6.45) is 3.33. The summed E-state index contributed by atoms with van der Waals surface area (Å²) in [6, 6.07) is 1.93. The lowest BCUT2D eigenvalue weighted by Crippen LogP contribution is -2.29. The summed E-state index contributed by atoms with van der Waals surface area (Å²) < 4.78 is 3.21. The Morgan fingerprint density at radius 1 is 1.48 bits per heavy atom. The van der Waals surface area contributed by atoms with Crippen molar-refractivity contribution in [2.75, 3.05) is 5.32 Å². The molecule has 0 aliphatic rings. The van der Waals surface area contributed by atoms with Crippen LogP contribution in [-0.4, -0.2) is 30.7 Å². The smallest absolute Gasteiger partial charge is 0.247 e. The van der Waals surface area contributed by atoms with Gasteiger partial charge >= 0.3 is 0 Å². The Hall–Kier alpha value is -2.22. The van der Waals surface area contributed by atoms with E-state index in [0.29, 0.717) is 11.5 Å². The first kappa shape index (κ1) is 15.2. The molecule has 0 atom stereocenters. The van der Waals surface area contributed by atoms with Crippen LogP contribution in [-0.2, 0) is 16.9 Å². The molecule has 0 unspecified atom stereocenters. The molecule has 0 aliphatic heterocycles. The summed E-state index contributed by atoms with van der Waals surface area (Å²) in [5.74, 6) is 0.471. The standard InChI is InChI=1S/C13H21N7O/c1-9(2)20-11(5-6-15-20)16-12(21)8-19-7-10(17-18-19)13(3,4)14/h5-7,9H,8,14H2,1-4H3,(H,16,21). The van der Waals surface area contributed by atoms with Gasteiger partial charge in [-0.15, -0.1) is 5.10 Å². The third kappa shape index (κ3) is 3.66. The van der Waals surface area contributed by atoms with Gasteiger partial charge in [-0.05, 0) is 27.7 Å². The van der Waals surface area contributed by atoms with Crippen LogP contribution in [0.1, 0.15) is 39.4 Å². The second kappa shape index (κ2) is 5.65. The topological polar surface area (TPSA) is 104 Å². The summed E-state index contributed by atoms with van der Waals surface area (Å²) in [6.45, 7) is 7.74. The SMILES string of the molecule is CC(C)n1nccc1NC(=O)Cn1cc(C(C)(C)N)nn1. The van der Waals surface area contributed by atoms with E-state index in [9.17, 15) is 4.79 Å². The fraction of sp³-hybridized carbons (Fsp3) is 0.538. The quantitative estimate of drug-likeness (QED) is 0.851. The van der Waals surface area contributed by atoms with Gasteiger partial charge in [0.2, 0.25) is 5.91 Å². The molecular weight excluding hydrogens is 270 g/mol. The fourth-order valence-electron chi connectivity index (χ4n) is 1.83. The Bertz CT molecular complexity index is 620. The van der Waals surface area contributed by atoms with Gasteiger partial charge in [0.05, 0.1) is 17.9 Å². The van der Waals surface area contributed by atoms with Gasteiger partial charge in [0.1, 0.15) is 18.1 Å². The maximum Gasteiger partial charge on any atom is 0.247 e. The van der Waals surface area contributed by atoms with E-state index in [4.69, 9.17) is 5.73 Å². The van der Waals surface area contributed by atoms with Crippen molar-refractivity contribution >= 4 is 11.7 Å². The Labute approximate surface area is 123 Å². The second-order valence-electron chi connectivity index (χ2n) is 5.83. The van der Waals surface area contributed by atoms with Crippen molar-refractivity contribution in [3.05, 3.63) is 24.2 Å². The molecule has 0 aromatic carbocycles. The highest BCUT2D eigenvalue weighted by atomic mass is 16.2. The van der Waals surface area contributed by atoms with Crippen LogP contribution in [0, 0.1) is 0 Å². The van der Waals surface area contributed by atoms with Crippen LogP contribution in [0.15, 0.2) is 18.5 Å². The van der Waals surface area contributed by atoms with Crippen LogP contribution in [0.3, 0.4) is 0 Å². The van der Waals surface area contributed by atoms with Gasteiger partial charge < -0.3 is 11.1 Å². The molecule has 0 spiro atoms. The van der Waals surface area contributed by atoms with E-state index in [1.54, 1.807) is 23.1 Å². The Morgan fingerprint density at radius 2 is 2.19 bits per heavy atom. The van der Waals surface area contributed by atoms with Crippen molar-refractivity contribution in [2.24, 2.45) is 5.73 Å². The van der Waals surface area contributed by atoms with E-state index in [1.807, 2.05) is 27.7 Å². The predicted octanol–water partition coefficient (Wildman–Crippen LogP) is 0.888. The number of hydrogen-bond acceptors (Lipinski definition) is 5. The molecule has 0 saturated heterocycles. The van der Waals surface area contributed by atoms with Crippen LogP contribution < -0.4 is 11.1 Å². The van der Waals surface area contributed by atoms with Crippen LogP contribution in [0.25, 0.3) is 0 Å². The number of nitrogens with zero attached hydrogens (tertiary/aromatic N) is 5. The number of amides is 1. The van der Waals surface area contributed by atoms with E-state index in [1.165, 1.54) is 4.68 Å². The summed E-state index contributed by atoms with van der Waals surface area (Å²) in [5.41, 5.74) is 6.00. The number of rotatable bonds is 5. The highest BCUT2D eigenvalue weighted by molar-refractivity contribution is 5.89. The van der Waals surface area contributed by atoms with Gasteiger partial charge in [0.15, 0.2) is 0 Å². The first-order chi connectivity index (χ1) is 9.77. The molecule has 0 saturated carbocycles. The molecule has 21 heavy (non-hydrogen) atoms. The van der Waals surface area contributed by atoms with Crippen LogP contribution in [0.5, 0.6) is 0 Å². The van der Waals surface area contributed by atoms with E-state index < -0.39 is 5.54 Å².